The van der Waals surface area contributed by atoms with Gasteiger partial charge >= 0.3 is 0 Å². The molecule has 90 valence electrons. The van der Waals surface area contributed by atoms with Crippen molar-refractivity contribution in [1.82, 2.24) is 4.90 Å². The second-order valence-corrected chi connectivity index (χ2v) is 3.94. The molecular weight excluding hydrogens is 204 g/mol. The van der Waals surface area contributed by atoms with Gasteiger partial charge in [0.2, 0.25) is 5.91 Å². The molecule has 4 nitrogen and oxygen atoms in total. The first kappa shape index (κ1) is 12.9. The number of hydrogen-bond acceptors (Lipinski definition) is 3. The summed E-state index contributed by atoms with van der Waals surface area (Å²) >= 11 is 0. The van der Waals surface area contributed by atoms with Gasteiger partial charge < -0.3 is 15.4 Å². The predicted octanol–water partition coefficient (Wildman–Crippen LogP) is 0.693. The van der Waals surface area contributed by atoms with Gasteiger partial charge in [0.1, 0.15) is 0 Å². The van der Waals surface area contributed by atoms with E-state index in [1.165, 1.54) is 0 Å². The van der Waals surface area contributed by atoms with Crippen molar-refractivity contribution in [2.24, 2.45) is 5.73 Å². The number of amides is 1. The molecule has 1 aliphatic rings. The Morgan fingerprint density at radius 3 is 2.94 bits per heavy atom. The Labute approximate surface area is 96.7 Å². The van der Waals surface area contributed by atoms with Gasteiger partial charge in [0.15, 0.2) is 0 Å². The predicted molar refractivity (Wildman–Crippen MR) is 63.9 cm³/mol. The zero-order chi connectivity index (χ0) is 12.0. The third-order valence-corrected chi connectivity index (χ3v) is 2.53. The lowest BCUT2D eigenvalue weighted by Gasteiger charge is -2.34. The van der Waals surface area contributed by atoms with Gasteiger partial charge in [-0.1, -0.05) is 18.2 Å². The minimum atomic E-state index is -0.0483. The highest BCUT2D eigenvalue weighted by Crippen LogP contribution is 2.08. The molecule has 1 aliphatic heterocycles. The number of rotatable bonds is 3. The van der Waals surface area contributed by atoms with E-state index in [4.69, 9.17) is 10.5 Å². The van der Waals surface area contributed by atoms with Gasteiger partial charge in [-0.2, -0.15) is 0 Å². The Morgan fingerprint density at radius 2 is 2.31 bits per heavy atom. The summed E-state index contributed by atoms with van der Waals surface area (Å²) in [6.07, 6.45) is 6.99. The second-order valence-electron chi connectivity index (χ2n) is 3.94. The summed E-state index contributed by atoms with van der Waals surface area (Å²) < 4.78 is 5.49. The van der Waals surface area contributed by atoms with Crippen LogP contribution in [0, 0.1) is 0 Å². The molecule has 2 unspecified atom stereocenters. The lowest BCUT2D eigenvalue weighted by Crippen LogP contribution is -2.51. The summed E-state index contributed by atoms with van der Waals surface area (Å²) in [6.45, 7) is 5.60. The molecule has 0 bridgehead atoms. The molecule has 1 saturated heterocycles. The topological polar surface area (TPSA) is 55.6 Å². The molecule has 2 atom stereocenters. The van der Waals surface area contributed by atoms with E-state index in [2.05, 4.69) is 0 Å². The Bertz CT molecular complexity index is 285. The molecule has 0 aliphatic carbocycles. The van der Waals surface area contributed by atoms with Crippen LogP contribution >= 0.6 is 0 Å². The van der Waals surface area contributed by atoms with Crippen molar-refractivity contribution < 1.29 is 9.53 Å². The van der Waals surface area contributed by atoms with Gasteiger partial charge in [-0.05, 0) is 13.8 Å². The molecule has 1 rings (SSSR count). The average Bonchev–Trinajstić information content (AvgIpc) is 2.29. The number of nitrogens with zero attached hydrogens (tertiary/aromatic N) is 1. The van der Waals surface area contributed by atoms with Gasteiger partial charge in [0, 0.05) is 25.2 Å². The maximum Gasteiger partial charge on any atom is 0.246 e. The number of hydrogen-bond donors (Lipinski definition) is 1. The highest BCUT2D eigenvalue weighted by atomic mass is 16.5. The normalized spacial score (nSPS) is 24.2. The fraction of sp³-hybridized carbons (Fsp3) is 0.583. The molecule has 0 aromatic rings. The van der Waals surface area contributed by atoms with Crippen molar-refractivity contribution in [3.8, 4) is 0 Å². The van der Waals surface area contributed by atoms with Crippen LogP contribution in [-0.4, -0.2) is 42.6 Å². The van der Waals surface area contributed by atoms with Crippen molar-refractivity contribution in [1.29, 1.82) is 0 Å². The third-order valence-electron chi connectivity index (χ3n) is 2.53. The number of allylic oxidation sites excluding steroid dienone is 3. The number of ether oxygens (including phenoxy) is 1. The number of carbonyl (C=O) groups excluding carboxylic acids is 1. The highest BCUT2D eigenvalue weighted by molar-refractivity contribution is 5.87. The van der Waals surface area contributed by atoms with Gasteiger partial charge in [0.05, 0.1) is 12.7 Å². The molecule has 0 aromatic heterocycles. The van der Waals surface area contributed by atoms with Crippen LogP contribution in [0.15, 0.2) is 24.3 Å². The van der Waals surface area contributed by atoms with Gasteiger partial charge in [-0.15, -0.1) is 0 Å². The summed E-state index contributed by atoms with van der Waals surface area (Å²) in [4.78, 5) is 13.5. The summed E-state index contributed by atoms with van der Waals surface area (Å²) in [5.41, 5.74) is 5.76. The van der Waals surface area contributed by atoms with E-state index >= 15 is 0 Å². The molecule has 1 fully saturated rings. The number of nitrogens with two attached hydrogens (primary N) is 1. The molecular formula is C12H20N2O2. The van der Waals surface area contributed by atoms with Gasteiger partial charge in [0.25, 0.3) is 0 Å². The maximum atomic E-state index is 11.7. The van der Waals surface area contributed by atoms with Crippen LogP contribution in [0.5, 0.6) is 0 Å². The van der Waals surface area contributed by atoms with Gasteiger partial charge in [-0.3, -0.25) is 4.79 Å². The minimum Gasteiger partial charge on any atom is -0.373 e. The first-order valence-corrected chi connectivity index (χ1v) is 5.60. The smallest absolute Gasteiger partial charge is 0.246 e. The molecule has 4 heteroatoms. The van der Waals surface area contributed by atoms with Crippen molar-refractivity contribution in [3.05, 3.63) is 24.3 Å². The Balaban J connectivity index is 2.50. The van der Waals surface area contributed by atoms with Crippen LogP contribution in [0.4, 0.5) is 0 Å². The standard InChI is InChI=1S/C12H20N2O2/c1-3-4-5-6-12(15)14-7-8-16-11(9-14)10(2)13/h3-6,10-11H,7-9,13H2,1-2H3/b4-3+,6-5?. The molecule has 0 saturated carbocycles. The first-order valence-electron chi connectivity index (χ1n) is 5.60. The van der Waals surface area contributed by atoms with Crippen molar-refractivity contribution in [2.45, 2.75) is 26.0 Å². The Morgan fingerprint density at radius 1 is 1.56 bits per heavy atom. The third kappa shape index (κ3) is 3.79. The van der Waals surface area contributed by atoms with Crippen LogP contribution in [0.3, 0.4) is 0 Å². The fourth-order valence-corrected chi connectivity index (χ4v) is 1.55. The molecule has 16 heavy (non-hydrogen) atoms. The van der Waals surface area contributed by atoms with E-state index in [9.17, 15) is 4.79 Å². The SMILES string of the molecule is C/C=C/C=CC(=O)N1CCOC(C(C)N)C1. The fourth-order valence-electron chi connectivity index (χ4n) is 1.55. The van der Waals surface area contributed by atoms with E-state index in [-0.39, 0.29) is 18.1 Å². The van der Waals surface area contributed by atoms with E-state index in [0.717, 1.165) is 0 Å². The van der Waals surface area contributed by atoms with Crippen LogP contribution in [0.25, 0.3) is 0 Å². The van der Waals surface area contributed by atoms with Crippen LogP contribution in [-0.2, 0) is 9.53 Å². The molecule has 2 N–H and O–H groups in total. The summed E-state index contributed by atoms with van der Waals surface area (Å²) in [7, 11) is 0. The van der Waals surface area contributed by atoms with Crippen molar-refractivity contribution in [2.75, 3.05) is 19.7 Å². The van der Waals surface area contributed by atoms with Crippen LogP contribution < -0.4 is 5.73 Å². The lowest BCUT2D eigenvalue weighted by atomic mass is 10.1. The molecule has 1 amide bonds. The summed E-state index contributed by atoms with van der Waals surface area (Å²) in [6, 6.07) is -0.0462. The van der Waals surface area contributed by atoms with E-state index in [0.29, 0.717) is 19.7 Å². The lowest BCUT2D eigenvalue weighted by molar-refractivity contribution is -0.134. The van der Waals surface area contributed by atoms with Crippen molar-refractivity contribution >= 4 is 5.91 Å². The second kappa shape index (κ2) is 6.45. The zero-order valence-corrected chi connectivity index (χ0v) is 9.93. The quantitative estimate of drug-likeness (QED) is 0.567. The number of carbonyl (C=O) groups is 1. The first-order chi connectivity index (χ1) is 7.65. The summed E-state index contributed by atoms with van der Waals surface area (Å²) in [5, 5.41) is 0. The van der Waals surface area contributed by atoms with Gasteiger partial charge in [-0.25, -0.2) is 0 Å². The molecule has 0 radical (unpaired) electrons. The van der Waals surface area contributed by atoms with E-state index < -0.39 is 0 Å². The molecule has 1 heterocycles. The summed E-state index contributed by atoms with van der Waals surface area (Å²) in [5.74, 6) is 0.0204. The number of morpholine rings is 1. The highest BCUT2D eigenvalue weighted by Gasteiger charge is 2.25. The Hall–Kier alpha value is -1.13. The van der Waals surface area contributed by atoms with E-state index in [1.807, 2.05) is 26.0 Å². The molecule has 0 spiro atoms. The zero-order valence-electron chi connectivity index (χ0n) is 9.93. The monoisotopic (exact) mass is 224 g/mol. The van der Waals surface area contributed by atoms with Crippen molar-refractivity contribution in [3.63, 3.8) is 0 Å². The Kier molecular flexibility index (Phi) is 5.22. The molecule has 0 aromatic carbocycles. The minimum absolute atomic E-state index is 0.0204. The maximum absolute atomic E-state index is 11.7. The average molecular weight is 224 g/mol. The largest absolute Gasteiger partial charge is 0.373 e. The van der Waals surface area contributed by atoms with E-state index in [1.54, 1.807) is 17.1 Å². The van der Waals surface area contributed by atoms with Crippen LogP contribution in [0.2, 0.25) is 0 Å². The van der Waals surface area contributed by atoms with Crippen LogP contribution in [0.1, 0.15) is 13.8 Å².